The molecule has 0 radical (unpaired) electrons. The summed E-state index contributed by atoms with van der Waals surface area (Å²) in [6.07, 6.45) is 0.181. The van der Waals surface area contributed by atoms with Crippen LogP contribution in [0.5, 0.6) is 11.5 Å². The molecule has 0 saturated carbocycles. The van der Waals surface area contributed by atoms with Crippen LogP contribution in [-0.2, 0) is 0 Å². The van der Waals surface area contributed by atoms with Crippen LogP contribution in [0, 0.1) is 0 Å². The Hall–Kier alpha value is -3.60. The highest BCUT2D eigenvalue weighted by atomic mass is 16.5. The normalized spacial score (nSPS) is 11.6. The SMILES string of the molecule is CC(C)Oc1ccc(C(=O)c2cccc(/C(=N\N)c3ccc(OC(C)C)cc3)c2)cc1. The van der Waals surface area contributed by atoms with E-state index in [0.29, 0.717) is 16.8 Å². The van der Waals surface area contributed by atoms with Crippen molar-refractivity contribution < 1.29 is 14.3 Å². The molecule has 0 amide bonds. The lowest BCUT2D eigenvalue weighted by atomic mass is 9.97. The van der Waals surface area contributed by atoms with Crippen LogP contribution in [0.1, 0.15) is 54.7 Å². The fraction of sp³-hybridized carbons (Fsp3) is 0.231. The summed E-state index contributed by atoms with van der Waals surface area (Å²) in [5.41, 5.74) is 3.38. The highest BCUT2D eigenvalue weighted by molar-refractivity contribution is 6.15. The Kier molecular flexibility index (Phi) is 7.08. The number of nitrogens with two attached hydrogens (primary N) is 1. The molecule has 0 atom stereocenters. The molecule has 3 rings (SSSR count). The summed E-state index contributed by atoms with van der Waals surface area (Å²) in [7, 11) is 0. The second-order valence-electron chi connectivity index (χ2n) is 7.77. The minimum atomic E-state index is -0.0741. The molecular formula is C26H28N2O3. The van der Waals surface area contributed by atoms with Crippen molar-refractivity contribution in [2.75, 3.05) is 0 Å². The molecule has 0 unspecified atom stereocenters. The molecule has 0 fully saturated rings. The van der Waals surface area contributed by atoms with Gasteiger partial charge < -0.3 is 15.3 Å². The second kappa shape index (κ2) is 9.94. The van der Waals surface area contributed by atoms with Crippen molar-refractivity contribution in [2.24, 2.45) is 10.9 Å². The molecule has 0 heterocycles. The Morgan fingerprint density at radius 2 is 1.19 bits per heavy atom. The Labute approximate surface area is 183 Å². The predicted octanol–water partition coefficient (Wildman–Crippen LogP) is 5.20. The zero-order chi connectivity index (χ0) is 22.4. The van der Waals surface area contributed by atoms with E-state index >= 15 is 0 Å². The molecular weight excluding hydrogens is 388 g/mol. The Morgan fingerprint density at radius 3 is 1.68 bits per heavy atom. The first-order valence-corrected chi connectivity index (χ1v) is 10.3. The van der Waals surface area contributed by atoms with Crippen molar-refractivity contribution >= 4 is 11.5 Å². The number of nitrogens with zero attached hydrogens (tertiary/aromatic N) is 1. The largest absolute Gasteiger partial charge is 0.491 e. The van der Waals surface area contributed by atoms with E-state index in [0.717, 1.165) is 22.6 Å². The standard InChI is InChI=1S/C26H28N2O3/c1-17(2)30-23-12-8-19(9-13-23)25(28-27)21-6-5-7-22(16-21)26(29)20-10-14-24(15-11-20)31-18(3)4/h5-18H,27H2,1-4H3/b28-25-. The van der Waals surface area contributed by atoms with Gasteiger partial charge >= 0.3 is 0 Å². The highest BCUT2D eigenvalue weighted by Crippen LogP contribution is 2.20. The third kappa shape index (κ3) is 5.72. The minimum Gasteiger partial charge on any atom is -0.491 e. The summed E-state index contributed by atoms with van der Waals surface area (Å²) in [4.78, 5) is 13.0. The first kappa shape index (κ1) is 22.1. The van der Waals surface area contributed by atoms with E-state index in [1.54, 1.807) is 18.2 Å². The van der Waals surface area contributed by atoms with E-state index in [9.17, 15) is 4.79 Å². The van der Waals surface area contributed by atoms with Crippen LogP contribution in [0.2, 0.25) is 0 Å². The summed E-state index contributed by atoms with van der Waals surface area (Å²) in [6, 6.07) is 22.1. The summed E-state index contributed by atoms with van der Waals surface area (Å²) in [5, 5.41) is 3.98. The zero-order valence-corrected chi connectivity index (χ0v) is 18.3. The maximum Gasteiger partial charge on any atom is 0.193 e. The van der Waals surface area contributed by atoms with Crippen LogP contribution >= 0.6 is 0 Å². The Bertz CT molecular complexity index is 1050. The molecule has 3 aromatic rings. The lowest BCUT2D eigenvalue weighted by Gasteiger charge is -2.12. The first-order chi connectivity index (χ1) is 14.9. The number of ether oxygens (including phenoxy) is 2. The fourth-order valence-corrected chi connectivity index (χ4v) is 3.21. The molecule has 31 heavy (non-hydrogen) atoms. The lowest BCUT2D eigenvalue weighted by Crippen LogP contribution is -2.10. The van der Waals surface area contributed by atoms with Crippen molar-refractivity contribution in [1.29, 1.82) is 0 Å². The topological polar surface area (TPSA) is 73.9 Å². The van der Waals surface area contributed by atoms with Gasteiger partial charge in [-0.2, -0.15) is 5.10 Å². The number of carbonyl (C=O) groups is 1. The smallest absolute Gasteiger partial charge is 0.193 e. The Morgan fingerprint density at radius 1 is 0.710 bits per heavy atom. The maximum atomic E-state index is 13.0. The van der Waals surface area contributed by atoms with E-state index < -0.39 is 0 Å². The number of ketones is 1. The fourth-order valence-electron chi connectivity index (χ4n) is 3.21. The van der Waals surface area contributed by atoms with Crippen molar-refractivity contribution in [3.05, 3.63) is 95.1 Å². The average Bonchev–Trinajstić information content (AvgIpc) is 2.75. The molecule has 160 valence electrons. The highest BCUT2D eigenvalue weighted by Gasteiger charge is 2.13. The van der Waals surface area contributed by atoms with Crippen LogP contribution in [-0.4, -0.2) is 23.7 Å². The summed E-state index contributed by atoms with van der Waals surface area (Å²) < 4.78 is 11.3. The predicted molar refractivity (Wildman–Crippen MR) is 124 cm³/mol. The number of benzene rings is 3. The molecule has 0 spiro atoms. The molecule has 0 saturated heterocycles. The van der Waals surface area contributed by atoms with Gasteiger partial charge in [0.05, 0.1) is 17.9 Å². The molecule has 2 N–H and O–H groups in total. The van der Waals surface area contributed by atoms with Crippen LogP contribution in [0.25, 0.3) is 0 Å². The molecule has 3 aromatic carbocycles. The van der Waals surface area contributed by atoms with Crippen LogP contribution in [0.4, 0.5) is 0 Å². The third-order valence-corrected chi connectivity index (χ3v) is 4.52. The van der Waals surface area contributed by atoms with Gasteiger partial charge in [-0.15, -0.1) is 0 Å². The van der Waals surface area contributed by atoms with Gasteiger partial charge in [0.25, 0.3) is 0 Å². The van der Waals surface area contributed by atoms with Gasteiger partial charge in [0.2, 0.25) is 0 Å². The van der Waals surface area contributed by atoms with Gasteiger partial charge in [0, 0.05) is 22.3 Å². The quantitative estimate of drug-likeness (QED) is 0.237. The average molecular weight is 417 g/mol. The molecule has 0 aliphatic carbocycles. The van der Waals surface area contributed by atoms with Crippen LogP contribution in [0.15, 0.2) is 77.9 Å². The third-order valence-electron chi connectivity index (χ3n) is 4.52. The lowest BCUT2D eigenvalue weighted by molar-refractivity contribution is 0.103. The van der Waals surface area contributed by atoms with Crippen molar-refractivity contribution in [3.8, 4) is 11.5 Å². The molecule has 0 aromatic heterocycles. The van der Waals surface area contributed by atoms with E-state index in [4.69, 9.17) is 15.3 Å². The Balaban J connectivity index is 1.83. The first-order valence-electron chi connectivity index (χ1n) is 10.3. The molecule has 5 nitrogen and oxygen atoms in total. The van der Waals surface area contributed by atoms with Crippen LogP contribution < -0.4 is 15.3 Å². The molecule has 5 heteroatoms. The minimum absolute atomic E-state index is 0.0741. The number of carbonyl (C=O) groups excluding carboxylic acids is 1. The zero-order valence-electron chi connectivity index (χ0n) is 18.3. The number of rotatable bonds is 8. The van der Waals surface area contributed by atoms with Crippen molar-refractivity contribution in [3.63, 3.8) is 0 Å². The second-order valence-corrected chi connectivity index (χ2v) is 7.77. The number of hydrazone groups is 1. The van der Waals surface area contributed by atoms with Crippen molar-refractivity contribution in [2.45, 2.75) is 39.9 Å². The van der Waals surface area contributed by atoms with Gasteiger partial charge in [-0.25, -0.2) is 0 Å². The van der Waals surface area contributed by atoms with Crippen LogP contribution in [0.3, 0.4) is 0 Å². The summed E-state index contributed by atoms with van der Waals surface area (Å²) in [6.45, 7) is 7.89. The summed E-state index contributed by atoms with van der Waals surface area (Å²) in [5.74, 6) is 7.15. The monoisotopic (exact) mass is 416 g/mol. The van der Waals surface area contributed by atoms with E-state index in [-0.39, 0.29) is 18.0 Å². The van der Waals surface area contributed by atoms with E-state index in [1.807, 2.05) is 82.3 Å². The van der Waals surface area contributed by atoms with Gasteiger partial charge in [0.1, 0.15) is 11.5 Å². The maximum absolute atomic E-state index is 13.0. The number of hydrogen-bond acceptors (Lipinski definition) is 5. The van der Waals surface area contributed by atoms with Gasteiger partial charge in [-0.1, -0.05) is 18.2 Å². The molecule has 0 bridgehead atoms. The van der Waals surface area contributed by atoms with Gasteiger partial charge in [-0.3, -0.25) is 4.79 Å². The van der Waals surface area contributed by atoms with Gasteiger partial charge in [-0.05, 0) is 82.3 Å². The van der Waals surface area contributed by atoms with Crippen molar-refractivity contribution in [1.82, 2.24) is 0 Å². The molecule has 0 aliphatic rings. The number of hydrogen-bond donors (Lipinski definition) is 1. The van der Waals surface area contributed by atoms with E-state index in [1.165, 1.54) is 0 Å². The summed E-state index contributed by atoms with van der Waals surface area (Å²) >= 11 is 0. The van der Waals surface area contributed by atoms with E-state index in [2.05, 4.69) is 5.10 Å². The molecule has 0 aliphatic heterocycles. The van der Waals surface area contributed by atoms with Gasteiger partial charge in [0.15, 0.2) is 5.78 Å².